The molecular weight excluding hydrogens is 354 g/mol. The fourth-order valence-corrected chi connectivity index (χ4v) is 3.34. The van der Waals surface area contributed by atoms with Crippen molar-refractivity contribution in [3.63, 3.8) is 0 Å². The molecule has 1 heterocycles. The fourth-order valence-electron chi connectivity index (χ4n) is 3.17. The Morgan fingerprint density at radius 3 is 2.69 bits per heavy atom. The molecule has 1 aliphatic heterocycles. The second-order valence-electron chi connectivity index (χ2n) is 6.79. The van der Waals surface area contributed by atoms with E-state index in [1.807, 2.05) is 13.8 Å². The van der Waals surface area contributed by atoms with Gasteiger partial charge in [-0.3, -0.25) is 9.59 Å². The molecule has 6 nitrogen and oxygen atoms in total. The molecule has 2 amide bonds. The molecule has 1 atom stereocenters. The van der Waals surface area contributed by atoms with Crippen molar-refractivity contribution in [2.24, 2.45) is 5.73 Å². The number of amides is 2. The van der Waals surface area contributed by atoms with E-state index in [2.05, 4.69) is 5.32 Å². The summed E-state index contributed by atoms with van der Waals surface area (Å²) in [6, 6.07) is 4.41. The Kier molecular flexibility index (Phi) is 6.89. The molecule has 0 radical (unpaired) electrons. The number of carbonyl (C=O) groups is 2. The summed E-state index contributed by atoms with van der Waals surface area (Å²) in [4.78, 5) is 27.3. The summed E-state index contributed by atoms with van der Waals surface area (Å²) in [5.74, 6) is 0.0453. The van der Waals surface area contributed by atoms with Crippen molar-refractivity contribution in [2.45, 2.75) is 51.1 Å². The van der Waals surface area contributed by atoms with E-state index < -0.39 is 11.6 Å². The smallest absolute Gasteiger partial charge is 0.258 e. The van der Waals surface area contributed by atoms with E-state index in [9.17, 15) is 9.59 Å². The molecule has 3 N–H and O–H groups in total. The maximum atomic E-state index is 13.0. The normalized spacial score (nSPS) is 17.3. The molecule has 0 spiro atoms. The number of benzene rings is 1. The van der Waals surface area contributed by atoms with Crippen LogP contribution in [0.4, 0.5) is 0 Å². The van der Waals surface area contributed by atoms with Crippen LogP contribution >= 0.6 is 11.6 Å². The molecule has 2 rings (SSSR count). The minimum absolute atomic E-state index is 0.159. The highest BCUT2D eigenvalue weighted by atomic mass is 35.5. The molecular formula is C19H28ClN3O3. The molecule has 1 aromatic rings. The molecule has 1 saturated heterocycles. The summed E-state index contributed by atoms with van der Waals surface area (Å²) in [6.45, 7) is 4.94. The van der Waals surface area contributed by atoms with Crippen LogP contribution < -0.4 is 15.8 Å². The number of halogens is 1. The van der Waals surface area contributed by atoms with Gasteiger partial charge in [-0.1, -0.05) is 25.4 Å². The van der Waals surface area contributed by atoms with Gasteiger partial charge < -0.3 is 20.7 Å². The van der Waals surface area contributed by atoms with E-state index in [1.165, 1.54) is 7.11 Å². The van der Waals surface area contributed by atoms with Gasteiger partial charge in [0, 0.05) is 23.7 Å². The highest BCUT2D eigenvalue weighted by molar-refractivity contribution is 6.31. The van der Waals surface area contributed by atoms with Crippen LogP contribution in [0.3, 0.4) is 0 Å². The Bertz CT molecular complexity index is 661. The molecule has 0 bridgehead atoms. The van der Waals surface area contributed by atoms with Crippen molar-refractivity contribution in [2.75, 3.05) is 20.2 Å². The van der Waals surface area contributed by atoms with Crippen LogP contribution in [0.5, 0.6) is 5.75 Å². The summed E-state index contributed by atoms with van der Waals surface area (Å²) in [5, 5.41) is 3.38. The number of hydrogen-bond donors (Lipinski definition) is 2. The van der Waals surface area contributed by atoms with Crippen LogP contribution in [0.2, 0.25) is 5.02 Å². The molecule has 26 heavy (non-hydrogen) atoms. The molecule has 7 heteroatoms. The number of nitrogens with one attached hydrogen (secondary N) is 1. The number of likely N-dealkylation sites (tertiary alicyclic amines) is 1. The van der Waals surface area contributed by atoms with Gasteiger partial charge in [-0.05, 0) is 43.9 Å². The standard InChI is InChI=1S/C19H28ClN3O3/c1-4-19(21,5-2)12-22-17(24)15-7-6-10-23(15)18(25)14-11-13(20)8-9-16(14)26-3/h8-9,11,15H,4-7,10,12,21H2,1-3H3,(H,22,24). The monoisotopic (exact) mass is 381 g/mol. The van der Waals surface area contributed by atoms with Crippen LogP contribution in [-0.4, -0.2) is 48.5 Å². The van der Waals surface area contributed by atoms with Crippen molar-refractivity contribution in [1.82, 2.24) is 10.2 Å². The molecule has 1 fully saturated rings. The number of ether oxygens (including phenoxy) is 1. The first-order valence-electron chi connectivity index (χ1n) is 9.06. The summed E-state index contributed by atoms with van der Waals surface area (Å²) in [7, 11) is 1.50. The van der Waals surface area contributed by atoms with Gasteiger partial charge in [0.25, 0.3) is 5.91 Å². The van der Waals surface area contributed by atoms with Crippen LogP contribution in [0.25, 0.3) is 0 Å². The summed E-state index contributed by atoms with van der Waals surface area (Å²) >= 11 is 6.04. The van der Waals surface area contributed by atoms with Crippen LogP contribution in [0.1, 0.15) is 49.9 Å². The SMILES string of the molecule is CCC(N)(CC)CNC(=O)C1CCCN1C(=O)c1cc(Cl)ccc1OC. The van der Waals surface area contributed by atoms with Crippen LogP contribution in [0, 0.1) is 0 Å². The first kappa shape index (κ1) is 20.5. The average molecular weight is 382 g/mol. The van der Waals surface area contributed by atoms with E-state index in [4.69, 9.17) is 22.1 Å². The Balaban J connectivity index is 2.13. The van der Waals surface area contributed by atoms with E-state index >= 15 is 0 Å². The highest BCUT2D eigenvalue weighted by Crippen LogP contribution is 2.27. The lowest BCUT2D eigenvalue weighted by molar-refractivity contribution is -0.125. The number of nitrogens with two attached hydrogens (primary N) is 1. The average Bonchev–Trinajstić information content (AvgIpc) is 3.15. The number of carbonyl (C=O) groups excluding carboxylic acids is 2. The molecule has 1 unspecified atom stereocenters. The molecule has 1 aliphatic rings. The molecule has 144 valence electrons. The van der Waals surface area contributed by atoms with Gasteiger partial charge in [0.15, 0.2) is 0 Å². The molecule has 0 aliphatic carbocycles. The predicted octanol–water partition coefficient (Wildman–Crippen LogP) is 2.59. The second-order valence-corrected chi connectivity index (χ2v) is 7.22. The first-order chi connectivity index (χ1) is 12.3. The topological polar surface area (TPSA) is 84.7 Å². The predicted molar refractivity (Wildman–Crippen MR) is 103 cm³/mol. The van der Waals surface area contributed by atoms with Crippen molar-refractivity contribution in [1.29, 1.82) is 0 Å². The summed E-state index contributed by atoms with van der Waals surface area (Å²) in [6.07, 6.45) is 2.96. The van der Waals surface area contributed by atoms with Crippen LogP contribution in [0.15, 0.2) is 18.2 Å². The summed E-state index contributed by atoms with van der Waals surface area (Å²) in [5.41, 5.74) is 6.21. The third-order valence-corrected chi connectivity index (χ3v) is 5.47. The van der Waals surface area contributed by atoms with E-state index in [1.54, 1.807) is 23.1 Å². The van der Waals surface area contributed by atoms with Crippen molar-refractivity contribution in [3.8, 4) is 5.75 Å². The van der Waals surface area contributed by atoms with Crippen molar-refractivity contribution < 1.29 is 14.3 Å². The van der Waals surface area contributed by atoms with Gasteiger partial charge in [0.1, 0.15) is 11.8 Å². The number of hydrogen-bond acceptors (Lipinski definition) is 4. The van der Waals surface area contributed by atoms with Gasteiger partial charge in [0.2, 0.25) is 5.91 Å². The molecule has 0 aromatic heterocycles. The largest absolute Gasteiger partial charge is 0.496 e. The lowest BCUT2D eigenvalue weighted by Gasteiger charge is -2.29. The third-order valence-electron chi connectivity index (χ3n) is 5.23. The summed E-state index contributed by atoms with van der Waals surface area (Å²) < 4.78 is 5.27. The van der Waals surface area contributed by atoms with Gasteiger partial charge in [-0.15, -0.1) is 0 Å². The zero-order chi connectivity index (χ0) is 19.3. The van der Waals surface area contributed by atoms with Gasteiger partial charge in [0.05, 0.1) is 12.7 Å². The number of nitrogens with zero attached hydrogens (tertiary/aromatic N) is 1. The molecule has 1 aromatic carbocycles. The number of methoxy groups -OCH3 is 1. The van der Waals surface area contributed by atoms with E-state index in [-0.39, 0.29) is 11.8 Å². The number of rotatable bonds is 7. The van der Waals surface area contributed by atoms with Crippen molar-refractivity contribution in [3.05, 3.63) is 28.8 Å². The fraction of sp³-hybridized carbons (Fsp3) is 0.579. The maximum Gasteiger partial charge on any atom is 0.258 e. The lowest BCUT2D eigenvalue weighted by Crippen LogP contribution is -2.53. The van der Waals surface area contributed by atoms with Crippen LogP contribution in [-0.2, 0) is 4.79 Å². The Labute approximate surface area is 160 Å². The van der Waals surface area contributed by atoms with E-state index in [0.29, 0.717) is 35.8 Å². The van der Waals surface area contributed by atoms with Gasteiger partial charge >= 0.3 is 0 Å². The highest BCUT2D eigenvalue weighted by Gasteiger charge is 2.36. The van der Waals surface area contributed by atoms with Crippen molar-refractivity contribution >= 4 is 23.4 Å². The minimum Gasteiger partial charge on any atom is -0.496 e. The lowest BCUT2D eigenvalue weighted by atomic mass is 9.94. The third kappa shape index (κ3) is 4.48. The van der Waals surface area contributed by atoms with E-state index in [0.717, 1.165) is 19.3 Å². The minimum atomic E-state index is -0.496. The Hall–Kier alpha value is -1.79. The zero-order valence-electron chi connectivity index (χ0n) is 15.7. The molecule has 0 saturated carbocycles. The Morgan fingerprint density at radius 1 is 1.38 bits per heavy atom. The quantitative estimate of drug-likeness (QED) is 0.760. The van der Waals surface area contributed by atoms with Gasteiger partial charge in [-0.25, -0.2) is 0 Å². The first-order valence-corrected chi connectivity index (χ1v) is 9.44. The second kappa shape index (κ2) is 8.73. The zero-order valence-corrected chi connectivity index (χ0v) is 16.4. The maximum absolute atomic E-state index is 13.0. The van der Waals surface area contributed by atoms with Gasteiger partial charge in [-0.2, -0.15) is 0 Å². The Morgan fingerprint density at radius 2 is 2.08 bits per heavy atom.